The van der Waals surface area contributed by atoms with Crippen molar-refractivity contribution >= 4 is 40.9 Å². The lowest BCUT2D eigenvalue weighted by atomic mass is 9.79. The van der Waals surface area contributed by atoms with Crippen molar-refractivity contribution in [3.05, 3.63) is 12.7 Å². The van der Waals surface area contributed by atoms with E-state index in [1.54, 1.807) is 22.5 Å². The van der Waals surface area contributed by atoms with Crippen molar-refractivity contribution < 1.29 is 28.5 Å². The summed E-state index contributed by atoms with van der Waals surface area (Å²) < 4.78 is 13.7. The molecule has 5 amide bonds. The quantitative estimate of drug-likeness (QED) is 0.116. The Morgan fingerprint density at radius 2 is 1.69 bits per heavy atom. The van der Waals surface area contributed by atoms with Gasteiger partial charge in [0.1, 0.15) is 18.3 Å². The van der Waals surface area contributed by atoms with Crippen LogP contribution < -0.4 is 21.3 Å². The number of Topliss-reactive ketones (excluding diaryl/α,β-unsaturated/α-hetero) is 1. The Labute approximate surface area is 291 Å². The molecule has 1 heterocycles. The molecule has 1 aliphatic heterocycles. The SMILES string of the molecule is C=CCNC(=O)C(=O)C(CCCC)NC(=O)[C@@H]1[C@H]2CCC(C)(C)[C@H]2CN1C(=O)[C@@H](NC(=O)N[C@H](CN(C)[S+](C)[O-])C(C)(C)C)C(C)(C)C. The van der Waals surface area contributed by atoms with Crippen molar-refractivity contribution in [2.45, 2.75) is 119 Å². The third-order valence-electron chi connectivity index (χ3n) is 10.1. The maximum absolute atomic E-state index is 14.6. The lowest BCUT2D eigenvalue weighted by Crippen LogP contribution is -2.62. The molecule has 0 aromatic carbocycles. The van der Waals surface area contributed by atoms with Gasteiger partial charge < -0.3 is 30.7 Å². The Kier molecular flexibility index (Phi) is 14.6. The molecule has 0 aromatic heterocycles. The van der Waals surface area contributed by atoms with Crippen LogP contribution in [0.1, 0.15) is 94.4 Å². The predicted molar refractivity (Wildman–Crippen MR) is 190 cm³/mol. The van der Waals surface area contributed by atoms with Gasteiger partial charge in [0.2, 0.25) is 17.6 Å². The number of likely N-dealkylation sites (N-methyl/N-ethyl adjacent to an activating group) is 1. The average molecular weight is 695 g/mol. The van der Waals surface area contributed by atoms with E-state index in [0.29, 0.717) is 25.9 Å². The van der Waals surface area contributed by atoms with Gasteiger partial charge in [0.15, 0.2) is 0 Å². The summed E-state index contributed by atoms with van der Waals surface area (Å²) in [5.41, 5.74) is -1.21. The van der Waals surface area contributed by atoms with Crippen molar-refractivity contribution in [2.75, 3.05) is 32.9 Å². The monoisotopic (exact) mass is 694 g/mol. The summed E-state index contributed by atoms with van der Waals surface area (Å²) in [5, 5.41) is 11.3. The lowest BCUT2D eigenvalue weighted by molar-refractivity contribution is -0.144. The van der Waals surface area contributed by atoms with E-state index < -0.39 is 58.5 Å². The third kappa shape index (κ3) is 10.7. The second kappa shape index (κ2) is 16.8. The smallest absolute Gasteiger partial charge is 0.315 e. The summed E-state index contributed by atoms with van der Waals surface area (Å²) in [6, 6.07) is -3.78. The first-order valence-corrected chi connectivity index (χ1v) is 18.7. The number of unbranched alkanes of at least 4 members (excludes halogenated alkanes) is 1. The summed E-state index contributed by atoms with van der Waals surface area (Å²) >= 11 is -1.23. The fourth-order valence-electron chi connectivity index (χ4n) is 6.77. The molecule has 2 rings (SSSR count). The zero-order valence-corrected chi connectivity index (χ0v) is 32.0. The van der Waals surface area contributed by atoms with Crippen LogP contribution in [0, 0.1) is 28.1 Å². The number of rotatable bonds is 15. The summed E-state index contributed by atoms with van der Waals surface area (Å²) in [7, 11) is 1.72. The molecule has 12 nitrogen and oxygen atoms in total. The van der Waals surface area contributed by atoms with Gasteiger partial charge in [-0.2, -0.15) is 0 Å². The Morgan fingerprint density at radius 1 is 1.06 bits per heavy atom. The summed E-state index contributed by atoms with van der Waals surface area (Å²) in [4.78, 5) is 69.7. The van der Waals surface area contributed by atoms with E-state index in [0.717, 1.165) is 19.3 Å². The zero-order chi connectivity index (χ0) is 36.8. The number of hydrogen-bond donors (Lipinski definition) is 4. The Morgan fingerprint density at radius 3 is 2.21 bits per heavy atom. The second-order valence-corrected chi connectivity index (χ2v) is 17.8. The van der Waals surface area contributed by atoms with Crippen molar-refractivity contribution in [1.82, 2.24) is 30.5 Å². The number of likely N-dealkylation sites (tertiary alicyclic amines) is 1. The first kappa shape index (κ1) is 41.5. The molecule has 2 fully saturated rings. The van der Waals surface area contributed by atoms with Crippen LogP contribution in [0.5, 0.6) is 0 Å². The molecule has 4 N–H and O–H groups in total. The van der Waals surface area contributed by atoms with Crippen molar-refractivity contribution in [3.63, 3.8) is 0 Å². The number of carbonyl (C=O) groups is 5. The molecule has 1 saturated carbocycles. The van der Waals surface area contributed by atoms with Crippen LogP contribution in [-0.4, -0.2) is 100 Å². The molecule has 48 heavy (non-hydrogen) atoms. The van der Waals surface area contributed by atoms with E-state index in [1.807, 2.05) is 48.5 Å². The van der Waals surface area contributed by atoms with Gasteiger partial charge in [-0.25, -0.2) is 4.79 Å². The number of carbonyl (C=O) groups excluding carboxylic acids is 5. The molecule has 7 atom stereocenters. The van der Waals surface area contributed by atoms with Gasteiger partial charge in [-0.05, 0) is 47.3 Å². The minimum atomic E-state index is -1.23. The number of fused-ring (bicyclic) bond motifs is 1. The molecular formula is C35H62N6O6S. The Balaban J connectivity index is 2.41. The van der Waals surface area contributed by atoms with Gasteiger partial charge in [-0.15, -0.1) is 10.9 Å². The first-order valence-electron chi connectivity index (χ1n) is 17.2. The molecule has 2 aliphatic rings. The molecule has 1 aliphatic carbocycles. The molecule has 0 bridgehead atoms. The molecule has 0 spiro atoms. The van der Waals surface area contributed by atoms with Gasteiger partial charge >= 0.3 is 6.03 Å². The summed E-state index contributed by atoms with van der Waals surface area (Å²) in [5.74, 6) is -2.44. The summed E-state index contributed by atoms with van der Waals surface area (Å²) in [6.45, 7) is 22.2. The van der Waals surface area contributed by atoms with E-state index in [-0.39, 0.29) is 41.2 Å². The highest BCUT2D eigenvalue weighted by Crippen LogP contribution is 2.53. The fraction of sp³-hybridized carbons (Fsp3) is 0.800. The molecule has 274 valence electrons. The Bertz CT molecular complexity index is 1180. The molecule has 0 radical (unpaired) electrons. The minimum absolute atomic E-state index is 0.0445. The summed E-state index contributed by atoms with van der Waals surface area (Å²) in [6.07, 6.45) is 6.38. The van der Waals surface area contributed by atoms with Crippen molar-refractivity contribution in [2.24, 2.45) is 28.1 Å². The highest BCUT2D eigenvalue weighted by molar-refractivity contribution is 7.88. The number of hydrogen-bond acceptors (Lipinski definition) is 7. The van der Waals surface area contributed by atoms with Crippen LogP contribution in [-0.2, 0) is 30.5 Å². The van der Waals surface area contributed by atoms with Gasteiger partial charge in [0.25, 0.3) is 5.91 Å². The van der Waals surface area contributed by atoms with E-state index in [2.05, 4.69) is 41.7 Å². The lowest BCUT2D eigenvalue weighted by Gasteiger charge is -2.38. The normalized spacial score (nSPS) is 23.0. The second-order valence-electron chi connectivity index (χ2n) is 16.4. The van der Waals surface area contributed by atoms with Crippen LogP contribution in [0.3, 0.4) is 0 Å². The van der Waals surface area contributed by atoms with Crippen LogP contribution in [0.2, 0.25) is 0 Å². The van der Waals surface area contributed by atoms with Crippen LogP contribution in [0.15, 0.2) is 12.7 Å². The molecule has 0 aromatic rings. The Hall–Kier alpha value is -2.64. The maximum atomic E-state index is 14.6. The number of nitrogens with zero attached hydrogens (tertiary/aromatic N) is 2. The van der Waals surface area contributed by atoms with E-state index >= 15 is 0 Å². The van der Waals surface area contributed by atoms with E-state index in [1.165, 1.54) is 6.08 Å². The topological polar surface area (TPSA) is 163 Å². The zero-order valence-electron chi connectivity index (χ0n) is 31.2. The number of amides is 5. The van der Waals surface area contributed by atoms with Crippen molar-refractivity contribution in [3.8, 4) is 0 Å². The largest absolute Gasteiger partial charge is 0.598 e. The molecule has 1 saturated heterocycles. The fourth-order valence-corrected chi connectivity index (χ4v) is 7.13. The highest BCUT2D eigenvalue weighted by Gasteiger charge is 2.57. The van der Waals surface area contributed by atoms with Crippen LogP contribution >= 0.6 is 0 Å². The molecule has 2 unspecified atom stereocenters. The van der Waals surface area contributed by atoms with Gasteiger partial charge in [-0.1, -0.05) is 81.2 Å². The first-order chi connectivity index (χ1) is 22.1. The standard InChI is InChI=1S/C35H62N6O6S/c1-13-15-16-24(27(42)30(44)36-19-14-2)37-29(43)26-22-17-18-35(9,10)23(22)20-41(26)31(45)28(34(6,7)8)39-32(46)38-25(33(3,4)5)21-40(11)48(12)47/h14,22-26,28H,2,13,15-21H2,1,3-12H3,(H,36,44)(H,37,43)(H2,38,39,46)/t22-,23-,24?,25+,26-,28+,48?/m0/s1. The third-order valence-corrected chi connectivity index (χ3v) is 11.1. The number of ketones is 1. The maximum Gasteiger partial charge on any atom is 0.315 e. The number of urea groups is 1. The van der Waals surface area contributed by atoms with E-state index in [4.69, 9.17) is 0 Å². The van der Waals surface area contributed by atoms with Crippen LogP contribution in [0.25, 0.3) is 0 Å². The van der Waals surface area contributed by atoms with Gasteiger partial charge in [0.05, 0.1) is 18.6 Å². The number of nitrogens with one attached hydrogen (secondary N) is 4. The predicted octanol–water partition coefficient (Wildman–Crippen LogP) is 3.15. The highest BCUT2D eigenvalue weighted by atomic mass is 32.2. The average Bonchev–Trinajstić information content (AvgIpc) is 3.51. The van der Waals surface area contributed by atoms with Crippen molar-refractivity contribution in [1.29, 1.82) is 0 Å². The van der Waals surface area contributed by atoms with Crippen LogP contribution in [0.4, 0.5) is 4.79 Å². The minimum Gasteiger partial charge on any atom is -0.598 e. The van der Waals surface area contributed by atoms with Gasteiger partial charge in [0, 0.05) is 31.5 Å². The van der Waals surface area contributed by atoms with Gasteiger partial charge in [-0.3, -0.25) is 19.2 Å². The molecule has 13 heteroatoms. The molecular weight excluding hydrogens is 632 g/mol. The van der Waals surface area contributed by atoms with E-state index in [9.17, 15) is 28.5 Å².